The van der Waals surface area contributed by atoms with Gasteiger partial charge in [-0.25, -0.2) is 8.42 Å². The van der Waals surface area contributed by atoms with Gasteiger partial charge in [0, 0.05) is 0 Å². The Bertz CT molecular complexity index is 870. The molecule has 26 heavy (non-hydrogen) atoms. The first-order valence-corrected chi connectivity index (χ1v) is 9.96. The van der Waals surface area contributed by atoms with Crippen LogP contribution < -0.4 is 19.1 Å². The van der Waals surface area contributed by atoms with Gasteiger partial charge in [-0.05, 0) is 24.3 Å². The van der Waals surface area contributed by atoms with Crippen LogP contribution in [0.5, 0.6) is 11.5 Å². The first kappa shape index (κ1) is 18.1. The van der Waals surface area contributed by atoms with Gasteiger partial charge in [0.1, 0.15) is 19.3 Å². The van der Waals surface area contributed by atoms with Crippen molar-refractivity contribution in [1.82, 2.24) is 5.32 Å². The van der Waals surface area contributed by atoms with E-state index in [1.165, 1.54) is 0 Å². The van der Waals surface area contributed by atoms with Crippen LogP contribution in [0.4, 0.5) is 5.69 Å². The van der Waals surface area contributed by atoms with Gasteiger partial charge >= 0.3 is 0 Å². The lowest BCUT2D eigenvalue weighted by atomic mass is 10.2. The summed E-state index contributed by atoms with van der Waals surface area (Å²) >= 11 is 0. The fourth-order valence-electron chi connectivity index (χ4n) is 2.57. The number of ether oxygens (including phenoxy) is 2. The molecule has 1 heterocycles. The molecule has 0 saturated carbocycles. The molecule has 2 aromatic carbocycles. The molecule has 1 N–H and O–H groups in total. The van der Waals surface area contributed by atoms with Gasteiger partial charge in [0.05, 0.1) is 18.5 Å². The Balaban J connectivity index is 1.58. The molecular weight excluding hydrogens is 356 g/mol. The Hall–Kier alpha value is -2.74. The molecule has 0 radical (unpaired) electrons. The van der Waals surface area contributed by atoms with Crippen LogP contribution >= 0.6 is 0 Å². The SMILES string of the molecule is CS(=O)(=O)N(CC(=O)NCC1COc2ccccc2O1)c1ccccc1. The summed E-state index contributed by atoms with van der Waals surface area (Å²) in [6.45, 7) is 0.234. The maximum Gasteiger partial charge on any atom is 0.240 e. The second kappa shape index (κ2) is 7.65. The van der Waals surface area contributed by atoms with Gasteiger partial charge in [0.25, 0.3) is 0 Å². The molecule has 8 heteroatoms. The second-order valence-corrected chi connectivity index (χ2v) is 7.81. The number of carbonyl (C=O) groups is 1. The van der Waals surface area contributed by atoms with Gasteiger partial charge in [-0.2, -0.15) is 0 Å². The monoisotopic (exact) mass is 376 g/mol. The van der Waals surface area contributed by atoms with Gasteiger partial charge in [-0.3, -0.25) is 9.10 Å². The van der Waals surface area contributed by atoms with Crippen molar-refractivity contribution in [3.05, 3.63) is 54.6 Å². The molecule has 1 atom stereocenters. The lowest BCUT2D eigenvalue weighted by Crippen LogP contribution is -2.45. The van der Waals surface area contributed by atoms with E-state index >= 15 is 0 Å². The van der Waals surface area contributed by atoms with E-state index in [-0.39, 0.29) is 19.2 Å². The van der Waals surface area contributed by atoms with Crippen LogP contribution in [-0.4, -0.2) is 46.4 Å². The summed E-state index contributed by atoms with van der Waals surface area (Å²) in [7, 11) is -3.58. The van der Waals surface area contributed by atoms with Crippen LogP contribution in [0, 0.1) is 0 Å². The summed E-state index contributed by atoms with van der Waals surface area (Å²) in [5.41, 5.74) is 0.441. The molecule has 0 aromatic heterocycles. The number of fused-ring (bicyclic) bond motifs is 1. The van der Waals surface area contributed by atoms with E-state index in [0.29, 0.717) is 23.8 Å². The number of hydrogen-bond acceptors (Lipinski definition) is 5. The minimum atomic E-state index is -3.58. The van der Waals surface area contributed by atoms with E-state index in [0.717, 1.165) is 10.6 Å². The van der Waals surface area contributed by atoms with Crippen molar-refractivity contribution >= 4 is 21.6 Å². The highest BCUT2D eigenvalue weighted by atomic mass is 32.2. The van der Waals surface area contributed by atoms with Crippen LogP contribution in [0.15, 0.2) is 54.6 Å². The smallest absolute Gasteiger partial charge is 0.240 e. The fourth-order valence-corrected chi connectivity index (χ4v) is 3.43. The van der Waals surface area contributed by atoms with Crippen molar-refractivity contribution < 1.29 is 22.7 Å². The van der Waals surface area contributed by atoms with E-state index in [1.54, 1.807) is 36.4 Å². The zero-order valence-corrected chi connectivity index (χ0v) is 15.1. The van der Waals surface area contributed by atoms with Crippen molar-refractivity contribution in [2.45, 2.75) is 6.10 Å². The first-order chi connectivity index (χ1) is 12.4. The molecular formula is C18H20N2O5S. The van der Waals surface area contributed by atoms with E-state index in [4.69, 9.17) is 9.47 Å². The molecule has 0 fully saturated rings. The van der Waals surface area contributed by atoms with Crippen molar-refractivity contribution in [1.29, 1.82) is 0 Å². The average Bonchev–Trinajstić information content (AvgIpc) is 2.64. The molecule has 7 nitrogen and oxygen atoms in total. The Morgan fingerprint density at radius 3 is 2.46 bits per heavy atom. The maximum absolute atomic E-state index is 12.2. The van der Waals surface area contributed by atoms with E-state index in [1.807, 2.05) is 18.2 Å². The molecule has 1 aliphatic heterocycles. The molecule has 3 rings (SSSR count). The van der Waals surface area contributed by atoms with Crippen LogP contribution in [0.1, 0.15) is 0 Å². The average molecular weight is 376 g/mol. The summed E-state index contributed by atoms with van der Waals surface area (Å²) in [4.78, 5) is 12.2. The van der Waals surface area contributed by atoms with E-state index < -0.39 is 15.9 Å². The number of amides is 1. The quantitative estimate of drug-likeness (QED) is 0.824. The highest BCUT2D eigenvalue weighted by molar-refractivity contribution is 7.92. The van der Waals surface area contributed by atoms with E-state index in [2.05, 4.69) is 5.32 Å². The van der Waals surface area contributed by atoms with Gasteiger partial charge in [0.2, 0.25) is 15.9 Å². The molecule has 138 valence electrons. The predicted molar refractivity (Wildman–Crippen MR) is 98.0 cm³/mol. The topological polar surface area (TPSA) is 84.9 Å². The van der Waals surface area contributed by atoms with Crippen molar-refractivity contribution in [3.63, 3.8) is 0 Å². The fraction of sp³-hybridized carbons (Fsp3) is 0.278. The van der Waals surface area contributed by atoms with Gasteiger partial charge in [-0.15, -0.1) is 0 Å². The number of hydrogen-bond donors (Lipinski definition) is 1. The molecule has 1 aliphatic rings. The zero-order chi connectivity index (χ0) is 18.6. The normalized spacial score (nSPS) is 16.0. The molecule has 0 spiro atoms. The van der Waals surface area contributed by atoms with Crippen molar-refractivity contribution in [2.24, 2.45) is 0 Å². The Morgan fingerprint density at radius 2 is 1.77 bits per heavy atom. The Kier molecular flexibility index (Phi) is 5.32. The molecule has 0 bridgehead atoms. The number of carbonyl (C=O) groups excluding carboxylic acids is 1. The molecule has 1 unspecified atom stereocenters. The summed E-state index contributed by atoms with van der Waals surface area (Å²) in [6, 6.07) is 15.8. The highest BCUT2D eigenvalue weighted by Crippen LogP contribution is 2.30. The number of nitrogens with zero attached hydrogens (tertiary/aromatic N) is 1. The Labute approximate surface area is 152 Å². The predicted octanol–water partition coefficient (Wildman–Crippen LogP) is 1.41. The summed E-state index contributed by atoms with van der Waals surface area (Å²) < 4.78 is 36.4. The minimum Gasteiger partial charge on any atom is -0.486 e. The van der Waals surface area contributed by atoms with Gasteiger partial charge in [-0.1, -0.05) is 30.3 Å². The number of anilines is 1. The van der Waals surface area contributed by atoms with Crippen molar-refractivity contribution in [3.8, 4) is 11.5 Å². The third-order valence-electron chi connectivity index (χ3n) is 3.83. The molecule has 2 aromatic rings. The van der Waals surface area contributed by atoms with Crippen LogP contribution in [0.2, 0.25) is 0 Å². The number of benzene rings is 2. The summed E-state index contributed by atoms with van der Waals surface area (Å²) in [5, 5.41) is 2.71. The maximum atomic E-state index is 12.2. The molecule has 0 saturated heterocycles. The van der Waals surface area contributed by atoms with Crippen LogP contribution in [-0.2, 0) is 14.8 Å². The number of rotatable bonds is 6. The Morgan fingerprint density at radius 1 is 1.12 bits per heavy atom. The standard InChI is InChI=1S/C18H20N2O5S/c1-26(22,23)20(14-7-3-2-4-8-14)12-18(21)19-11-15-13-24-16-9-5-6-10-17(16)25-15/h2-10,15H,11-13H2,1H3,(H,19,21). The number of nitrogens with one attached hydrogen (secondary N) is 1. The van der Waals surface area contributed by atoms with Gasteiger partial charge in [0.15, 0.2) is 11.5 Å². The molecule has 0 aliphatic carbocycles. The number of sulfonamides is 1. The molecule has 1 amide bonds. The van der Waals surface area contributed by atoms with Crippen LogP contribution in [0.3, 0.4) is 0 Å². The van der Waals surface area contributed by atoms with E-state index in [9.17, 15) is 13.2 Å². The lowest BCUT2D eigenvalue weighted by molar-refractivity contribution is -0.120. The first-order valence-electron chi connectivity index (χ1n) is 8.11. The number of para-hydroxylation sites is 3. The summed E-state index contributed by atoms with van der Waals surface area (Å²) in [6.07, 6.45) is 0.736. The highest BCUT2D eigenvalue weighted by Gasteiger charge is 2.23. The summed E-state index contributed by atoms with van der Waals surface area (Å²) in [5.74, 6) is 0.879. The lowest BCUT2D eigenvalue weighted by Gasteiger charge is -2.27. The largest absolute Gasteiger partial charge is 0.486 e. The zero-order valence-electron chi connectivity index (χ0n) is 14.3. The third-order valence-corrected chi connectivity index (χ3v) is 4.97. The van der Waals surface area contributed by atoms with Crippen molar-refractivity contribution in [2.75, 3.05) is 30.3 Å². The third kappa shape index (κ3) is 4.45. The van der Waals surface area contributed by atoms with Crippen LogP contribution in [0.25, 0.3) is 0 Å². The second-order valence-electron chi connectivity index (χ2n) is 5.91. The minimum absolute atomic E-state index is 0.222. The van der Waals surface area contributed by atoms with Gasteiger partial charge < -0.3 is 14.8 Å².